The summed E-state index contributed by atoms with van der Waals surface area (Å²) in [5.74, 6) is 0. The fraction of sp³-hybridized carbons (Fsp3) is 0.700. The second-order valence-corrected chi connectivity index (χ2v) is 9.85. The van der Waals surface area contributed by atoms with Gasteiger partial charge < -0.3 is 9.47 Å². The van der Waals surface area contributed by atoms with E-state index < -0.39 is 10.0 Å². The molecule has 1 atom stereocenters. The van der Waals surface area contributed by atoms with Crippen molar-refractivity contribution < 1.29 is 17.9 Å². The molecule has 0 spiro atoms. The maximum atomic E-state index is 12.7. The van der Waals surface area contributed by atoms with E-state index in [9.17, 15) is 8.42 Å². The van der Waals surface area contributed by atoms with Crippen molar-refractivity contribution in [3.05, 3.63) is 28.8 Å². The molecular formula is C20H33NO4S. The number of aryl methyl sites for hydroxylation is 2. The molecule has 1 fully saturated rings. The lowest BCUT2D eigenvalue weighted by Crippen LogP contribution is -2.27. The van der Waals surface area contributed by atoms with E-state index in [1.807, 2.05) is 26.0 Å². The maximum absolute atomic E-state index is 12.7. The minimum absolute atomic E-state index is 0.00832. The first-order valence-electron chi connectivity index (χ1n) is 9.42. The van der Waals surface area contributed by atoms with Gasteiger partial charge >= 0.3 is 0 Å². The fourth-order valence-corrected chi connectivity index (χ4v) is 4.77. The Hall–Kier alpha value is -0.950. The number of hydrogen-bond acceptors (Lipinski definition) is 4. The molecule has 0 aromatic heterocycles. The van der Waals surface area contributed by atoms with Gasteiger partial charge in [0, 0.05) is 19.8 Å². The second kappa shape index (κ2) is 8.83. The zero-order valence-electron chi connectivity index (χ0n) is 16.7. The van der Waals surface area contributed by atoms with Crippen LogP contribution in [-0.4, -0.2) is 40.9 Å². The van der Waals surface area contributed by atoms with Crippen LogP contribution in [0.25, 0.3) is 0 Å². The van der Waals surface area contributed by atoms with Gasteiger partial charge in [-0.2, -0.15) is 0 Å². The largest absolute Gasteiger partial charge is 0.379 e. The molecule has 5 nitrogen and oxygen atoms in total. The van der Waals surface area contributed by atoms with E-state index in [0.717, 1.165) is 36.1 Å². The second-order valence-electron chi connectivity index (χ2n) is 8.15. The highest BCUT2D eigenvalue weighted by Crippen LogP contribution is 2.29. The van der Waals surface area contributed by atoms with Crippen LogP contribution < -0.4 is 4.72 Å². The summed E-state index contributed by atoms with van der Waals surface area (Å²) in [5.41, 5.74) is 2.72. The number of ether oxygens (including phenoxy) is 2. The standard InChI is InChI=1S/C20H33NO4S/c1-15-12-17(20(3,4)5)13-16(2)19(15)26(22,23)21-9-7-10-24-14-18-8-6-11-25-18/h12-13,18,21H,6-11,14H2,1-5H3/t18-/m1/s1. The van der Waals surface area contributed by atoms with Crippen molar-refractivity contribution in [2.75, 3.05) is 26.4 Å². The van der Waals surface area contributed by atoms with Gasteiger partial charge in [0.2, 0.25) is 10.0 Å². The van der Waals surface area contributed by atoms with Crippen LogP contribution in [0.1, 0.15) is 56.7 Å². The highest BCUT2D eigenvalue weighted by Gasteiger charge is 2.23. The molecule has 0 unspecified atom stereocenters. The predicted octanol–water partition coefficient (Wildman–Crippen LogP) is 3.46. The Morgan fingerprint density at radius 3 is 2.42 bits per heavy atom. The van der Waals surface area contributed by atoms with Gasteiger partial charge in [0.15, 0.2) is 0 Å². The van der Waals surface area contributed by atoms with Crippen LogP contribution in [0.2, 0.25) is 0 Å². The molecule has 1 saturated heterocycles. The molecule has 1 aliphatic rings. The van der Waals surface area contributed by atoms with Crippen LogP contribution in [0.4, 0.5) is 0 Å². The smallest absolute Gasteiger partial charge is 0.241 e. The SMILES string of the molecule is Cc1cc(C(C)(C)C)cc(C)c1S(=O)(=O)NCCCOC[C@H]1CCCO1. The number of hydrogen-bond donors (Lipinski definition) is 1. The number of rotatable bonds is 8. The summed E-state index contributed by atoms with van der Waals surface area (Å²) in [5, 5.41) is 0. The third-order valence-electron chi connectivity index (χ3n) is 4.68. The summed E-state index contributed by atoms with van der Waals surface area (Å²) in [6.07, 6.45) is 3.00. The molecular weight excluding hydrogens is 350 g/mol. The van der Waals surface area contributed by atoms with Crippen LogP contribution in [0.3, 0.4) is 0 Å². The normalized spacial score (nSPS) is 18.4. The molecule has 0 amide bonds. The lowest BCUT2D eigenvalue weighted by atomic mass is 9.85. The van der Waals surface area contributed by atoms with Crippen molar-refractivity contribution in [1.29, 1.82) is 0 Å². The van der Waals surface area contributed by atoms with E-state index in [1.165, 1.54) is 0 Å². The Kier molecular flexibility index (Phi) is 7.25. The first-order valence-corrected chi connectivity index (χ1v) is 10.9. The zero-order valence-corrected chi connectivity index (χ0v) is 17.5. The van der Waals surface area contributed by atoms with Crippen LogP contribution >= 0.6 is 0 Å². The van der Waals surface area contributed by atoms with E-state index >= 15 is 0 Å². The van der Waals surface area contributed by atoms with E-state index in [-0.39, 0.29) is 11.5 Å². The third kappa shape index (κ3) is 5.78. The van der Waals surface area contributed by atoms with Crippen LogP contribution in [0.15, 0.2) is 17.0 Å². The van der Waals surface area contributed by atoms with Crippen molar-refractivity contribution in [3.8, 4) is 0 Å². The van der Waals surface area contributed by atoms with Gasteiger partial charge in [-0.25, -0.2) is 13.1 Å². The van der Waals surface area contributed by atoms with Crippen molar-refractivity contribution in [2.45, 2.75) is 70.3 Å². The summed E-state index contributed by atoms with van der Waals surface area (Å²) in [6.45, 7) is 12.4. The van der Waals surface area contributed by atoms with E-state index in [2.05, 4.69) is 25.5 Å². The molecule has 148 valence electrons. The molecule has 1 N–H and O–H groups in total. The van der Waals surface area contributed by atoms with Crippen LogP contribution in [-0.2, 0) is 24.9 Å². The van der Waals surface area contributed by atoms with Crippen molar-refractivity contribution >= 4 is 10.0 Å². The molecule has 1 aromatic carbocycles. The first-order chi connectivity index (χ1) is 12.1. The van der Waals surface area contributed by atoms with Gasteiger partial charge in [0.1, 0.15) is 0 Å². The summed E-state index contributed by atoms with van der Waals surface area (Å²) in [4.78, 5) is 0.394. The average Bonchev–Trinajstić information content (AvgIpc) is 3.02. The van der Waals surface area contributed by atoms with Gasteiger partial charge in [-0.05, 0) is 55.2 Å². The Labute approximate surface area is 158 Å². The Bertz CT molecular complexity index is 678. The lowest BCUT2D eigenvalue weighted by molar-refractivity contribution is 0.0169. The summed E-state index contributed by atoms with van der Waals surface area (Å²) >= 11 is 0. The molecule has 1 heterocycles. The molecule has 0 bridgehead atoms. The van der Waals surface area contributed by atoms with Crippen LogP contribution in [0, 0.1) is 13.8 Å². The van der Waals surface area contributed by atoms with Gasteiger partial charge in [-0.15, -0.1) is 0 Å². The molecule has 0 saturated carbocycles. The zero-order chi connectivity index (χ0) is 19.4. The monoisotopic (exact) mass is 383 g/mol. The number of sulfonamides is 1. The Balaban J connectivity index is 1.89. The van der Waals surface area contributed by atoms with E-state index in [1.54, 1.807) is 0 Å². The van der Waals surface area contributed by atoms with Crippen molar-refractivity contribution in [1.82, 2.24) is 4.72 Å². The number of nitrogens with one attached hydrogen (secondary N) is 1. The molecule has 2 rings (SSSR count). The molecule has 0 aliphatic carbocycles. The molecule has 1 aromatic rings. The Morgan fingerprint density at radius 1 is 1.23 bits per heavy atom. The average molecular weight is 384 g/mol. The fourth-order valence-electron chi connectivity index (χ4n) is 3.25. The minimum atomic E-state index is -3.52. The topological polar surface area (TPSA) is 64.6 Å². The summed E-state index contributed by atoms with van der Waals surface area (Å²) in [7, 11) is -3.52. The minimum Gasteiger partial charge on any atom is -0.379 e. The van der Waals surface area contributed by atoms with Crippen molar-refractivity contribution in [3.63, 3.8) is 0 Å². The Morgan fingerprint density at radius 2 is 1.88 bits per heavy atom. The lowest BCUT2D eigenvalue weighted by Gasteiger charge is -2.22. The predicted molar refractivity (Wildman–Crippen MR) is 104 cm³/mol. The van der Waals surface area contributed by atoms with Gasteiger partial charge in [-0.1, -0.05) is 32.9 Å². The van der Waals surface area contributed by atoms with E-state index in [4.69, 9.17) is 9.47 Å². The van der Waals surface area contributed by atoms with Crippen molar-refractivity contribution in [2.24, 2.45) is 0 Å². The van der Waals surface area contributed by atoms with Gasteiger partial charge in [-0.3, -0.25) is 0 Å². The summed E-state index contributed by atoms with van der Waals surface area (Å²) in [6, 6.07) is 3.96. The highest BCUT2D eigenvalue weighted by atomic mass is 32.2. The molecule has 26 heavy (non-hydrogen) atoms. The number of benzene rings is 1. The molecule has 6 heteroatoms. The molecule has 1 aliphatic heterocycles. The van der Waals surface area contributed by atoms with E-state index in [0.29, 0.717) is 31.1 Å². The maximum Gasteiger partial charge on any atom is 0.241 e. The quantitative estimate of drug-likeness (QED) is 0.698. The molecule has 0 radical (unpaired) electrons. The van der Waals surface area contributed by atoms with Gasteiger partial charge in [0.25, 0.3) is 0 Å². The highest BCUT2D eigenvalue weighted by molar-refractivity contribution is 7.89. The van der Waals surface area contributed by atoms with Crippen LogP contribution in [0.5, 0.6) is 0 Å². The van der Waals surface area contributed by atoms with Gasteiger partial charge in [0.05, 0.1) is 17.6 Å². The summed E-state index contributed by atoms with van der Waals surface area (Å²) < 4.78 is 39.2. The first kappa shape index (κ1) is 21.4. The third-order valence-corrected chi connectivity index (χ3v) is 6.45.